The standard InChI is InChI=1S/C12H17N3O4/c1-18-11-8-10(15(16)17)12(19-2)7-9(11)14-5-3-13-4-6-14/h7-8,13H,3-6H2,1-2H3. The zero-order valence-corrected chi connectivity index (χ0v) is 11.0. The minimum absolute atomic E-state index is 0.0850. The minimum atomic E-state index is -0.469. The fraction of sp³-hybridized carbons (Fsp3) is 0.500. The molecule has 0 saturated carbocycles. The molecule has 0 amide bonds. The van der Waals surface area contributed by atoms with Crippen LogP contribution in [0.25, 0.3) is 0 Å². The topological polar surface area (TPSA) is 76.9 Å². The van der Waals surface area contributed by atoms with Gasteiger partial charge in [0.15, 0.2) is 5.75 Å². The highest BCUT2D eigenvalue weighted by Crippen LogP contribution is 2.39. The number of piperazine rings is 1. The van der Waals surface area contributed by atoms with Gasteiger partial charge in [-0.1, -0.05) is 0 Å². The van der Waals surface area contributed by atoms with Gasteiger partial charge in [0.05, 0.1) is 30.9 Å². The summed E-state index contributed by atoms with van der Waals surface area (Å²) in [5.74, 6) is 0.744. The summed E-state index contributed by atoms with van der Waals surface area (Å²) in [4.78, 5) is 12.6. The number of nitro benzene ring substituents is 1. The molecule has 0 aromatic heterocycles. The van der Waals surface area contributed by atoms with Crippen LogP contribution in [0.3, 0.4) is 0 Å². The lowest BCUT2D eigenvalue weighted by Gasteiger charge is -2.30. The first-order valence-electron chi connectivity index (χ1n) is 6.03. The molecule has 2 rings (SSSR count). The summed E-state index contributed by atoms with van der Waals surface area (Å²) < 4.78 is 10.4. The van der Waals surface area contributed by atoms with Crippen LogP contribution in [0.5, 0.6) is 11.5 Å². The first-order chi connectivity index (χ1) is 9.17. The van der Waals surface area contributed by atoms with E-state index in [1.807, 2.05) is 0 Å². The molecule has 7 heteroatoms. The fourth-order valence-corrected chi connectivity index (χ4v) is 2.16. The molecule has 1 aliphatic rings. The second-order valence-corrected chi connectivity index (χ2v) is 4.19. The SMILES string of the molecule is COc1cc([N+](=O)[O-])c(OC)cc1N1CCNCC1. The molecular formula is C12H17N3O4. The summed E-state index contributed by atoms with van der Waals surface area (Å²) in [5, 5.41) is 14.2. The van der Waals surface area contributed by atoms with E-state index in [9.17, 15) is 10.1 Å². The van der Waals surface area contributed by atoms with Crippen molar-refractivity contribution >= 4 is 11.4 Å². The summed E-state index contributed by atoms with van der Waals surface area (Å²) in [6, 6.07) is 3.08. The van der Waals surface area contributed by atoms with Gasteiger partial charge in [0.2, 0.25) is 0 Å². The molecule has 1 N–H and O–H groups in total. The third-order valence-electron chi connectivity index (χ3n) is 3.13. The van der Waals surface area contributed by atoms with Crippen molar-refractivity contribution in [2.75, 3.05) is 45.3 Å². The molecule has 0 spiro atoms. The van der Waals surface area contributed by atoms with Crippen LogP contribution in [0.1, 0.15) is 0 Å². The molecule has 1 heterocycles. The van der Waals surface area contributed by atoms with Crippen molar-refractivity contribution in [2.45, 2.75) is 0 Å². The van der Waals surface area contributed by atoms with E-state index in [-0.39, 0.29) is 11.4 Å². The van der Waals surface area contributed by atoms with Crippen LogP contribution in [0.2, 0.25) is 0 Å². The van der Waals surface area contributed by atoms with Crippen LogP contribution < -0.4 is 19.7 Å². The number of rotatable bonds is 4. The summed E-state index contributed by atoms with van der Waals surface area (Å²) in [6.07, 6.45) is 0. The van der Waals surface area contributed by atoms with E-state index in [2.05, 4.69) is 10.2 Å². The van der Waals surface area contributed by atoms with Crippen molar-refractivity contribution in [3.8, 4) is 11.5 Å². The molecule has 7 nitrogen and oxygen atoms in total. The lowest BCUT2D eigenvalue weighted by molar-refractivity contribution is -0.385. The number of hydrogen-bond acceptors (Lipinski definition) is 6. The summed E-state index contributed by atoms with van der Waals surface area (Å²) in [7, 11) is 2.94. The predicted octanol–water partition coefficient (Wildman–Crippen LogP) is 1.02. The molecule has 1 aromatic rings. The first kappa shape index (κ1) is 13.4. The van der Waals surface area contributed by atoms with Crippen molar-refractivity contribution in [1.82, 2.24) is 5.32 Å². The zero-order valence-electron chi connectivity index (χ0n) is 11.0. The Morgan fingerprint density at radius 2 is 1.84 bits per heavy atom. The van der Waals surface area contributed by atoms with Crippen molar-refractivity contribution < 1.29 is 14.4 Å². The highest BCUT2D eigenvalue weighted by molar-refractivity contribution is 5.68. The maximum atomic E-state index is 11.0. The van der Waals surface area contributed by atoms with Crippen LogP contribution in [0.15, 0.2) is 12.1 Å². The Morgan fingerprint density at radius 3 is 2.37 bits per heavy atom. The molecule has 1 fully saturated rings. The molecule has 0 aliphatic carbocycles. The number of benzene rings is 1. The van der Waals surface area contributed by atoms with Gasteiger partial charge in [0, 0.05) is 32.2 Å². The maximum absolute atomic E-state index is 11.0. The molecule has 0 radical (unpaired) electrons. The van der Waals surface area contributed by atoms with Crippen molar-refractivity contribution in [2.24, 2.45) is 0 Å². The number of methoxy groups -OCH3 is 2. The molecule has 104 valence electrons. The Labute approximate surface area is 111 Å². The number of nitrogens with one attached hydrogen (secondary N) is 1. The van der Waals surface area contributed by atoms with Crippen molar-refractivity contribution in [1.29, 1.82) is 0 Å². The van der Waals surface area contributed by atoms with E-state index in [0.717, 1.165) is 31.9 Å². The van der Waals surface area contributed by atoms with Crippen molar-refractivity contribution in [3.63, 3.8) is 0 Å². The number of nitro groups is 1. The molecule has 1 saturated heterocycles. The van der Waals surface area contributed by atoms with Gasteiger partial charge in [-0.25, -0.2) is 0 Å². The van der Waals surface area contributed by atoms with Gasteiger partial charge in [-0.2, -0.15) is 0 Å². The average Bonchev–Trinajstić information content (AvgIpc) is 2.46. The summed E-state index contributed by atoms with van der Waals surface area (Å²) >= 11 is 0. The van der Waals surface area contributed by atoms with Crippen LogP contribution >= 0.6 is 0 Å². The Morgan fingerprint density at radius 1 is 1.21 bits per heavy atom. The third kappa shape index (κ3) is 2.70. The lowest BCUT2D eigenvalue weighted by Crippen LogP contribution is -2.43. The zero-order chi connectivity index (χ0) is 13.8. The Bertz CT molecular complexity index is 472. The van der Waals surface area contributed by atoms with Gasteiger partial charge in [0.1, 0.15) is 5.75 Å². The second-order valence-electron chi connectivity index (χ2n) is 4.19. The molecule has 19 heavy (non-hydrogen) atoms. The normalized spacial score (nSPS) is 15.2. The lowest BCUT2D eigenvalue weighted by atomic mass is 10.2. The van der Waals surface area contributed by atoms with Crippen LogP contribution in [0.4, 0.5) is 11.4 Å². The highest BCUT2D eigenvalue weighted by atomic mass is 16.6. The molecule has 0 atom stereocenters. The first-order valence-corrected chi connectivity index (χ1v) is 6.03. The maximum Gasteiger partial charge on any atom is 0.314 e. The monoisotopic (exact) mass is 267 g/mol. The number of ether oxygens (including phenoxy) is 2. The van der Waals surface area contributed by atoms with Gasteiger partial charge in [0.25, 0.3) is 0 Å². The molecule has 0 unspecified atom stereocenters. The number of anilines is 1. The summed E-state index contributed by atoms with van der Waals surface area (Å²) in [6.45, 7) is 3.42. The second kappa shape index (κ2) is 5.75. The van der Waals surface area contributed by atoms with E-state index in [1.165, 1.54) is 20.3 Å². The van der Waals surface area contributed by atoms with Gasteiger partial charge in [-0.05, 0) is 0 Å². The van der Waals surface area contributed by atoms with Gasteiger partial charge < -0.3 is 19.7 Å². The molecular weight excluding hydrogens is 250 g/mol. The summed E-state index contributed by atoms with van der Waals surface area (Å²) in [5.41, 5.74) is 0.740. The van der Waals surface area contributed by atoms with Gasteiger partial charge in [-0.15, -0.1) is 0 Å². The van der Waals surface area contributed by atoms with E-state index in [1.54, 1.807) is 6.07 Å². The predicted molar refractivity (Wildman–Crippen MR) is 71.3 cm³/mol. The van der Waals surface area contributed by atoms with Crippen LogP contribution in [-0.2, 0) is 0 Å². The van der Waals surface area contributed by atoms with Crippen LogP contribution in [0, 0.1) is 10.1 Å². The average molecular weight is 267 g/mol. The van der Waals surface area contributed by atoms with Gasteiger partial charge in [-0.3, -0.25) is 10.1 Å². The van der Waals surface area contributed by atoms with E-state index < -0.39 is 4.92 Å². The third-order valence-corrected chi connectivity index (χ3v) is 3.13. The quantitative estimate of drug-likeness (QED) is 0.648. The molecule has 1 aliphatic heterocycles. The minimum Gasteiger partial charge on any atom is -0.494 e. The van der Waals surface area contributed by atoms with E-state index >= 15 is 0 Å². The van der Waals surface area contributed by atoms with Crippen molar-refractivity contribution in [3.05, 3.63) is 22.2 Å². The molecule has 0 bridgehead atoms. The Kier molecular flexibility index (Phi) is 4.06. The Balaban J connectivity index is 2.44. The highest BCUT2D eigenvalue weighted by Gasteiger charge is 2.23. The van der Waals surface area contributed by atoms with Gasteiger partial charge >= 0.3 is 5.69 Å². The number of hydrogen-bond donors (Lipinski definition) is 1. The largest absolute Gasteiger partial charge is 0.494 e. The van der Waals surface area contributed by atoms with E-state index in [0.29, 0.717) is 5.75 Å². The Hall–Kier alpha value is -2.02. The van der Waals surface area contributed by atoms with Crippen LogP contribution in [-0.4, -0.2) is 45.3 Å². The van der Waals surface area contributed by atoms with E-state index in [4.69, 9.17) is 9.47 Å². The fourth-order valence-electron chi connectivity index (χ4n) is 2.16. The smallest absolute Gasteiger partial charge is 0.314 e. The number of nitrogens with zero attached hydrogens (tertiary/aromatic N) is 2. The molecule has 1 aromatic carbocycles.